The molecule has 1 saturated carbocycles. The normalized spacial score (nSPS) is 21.6. The number of nitrogens with zero attached hydrogens (tertiary/aromatic N) is 1. The lowest BCUT2D eigenvalue weighted by atomic mass is 10.1. The molecule has 2 aromatic rings. The number of amides is 1. The van der Waals surface area contributed by atoms with Crippen LogP contribution in [0.25, 0.3) is 0 Å². The van der Waals surface area contributed by atoms with Crippen molar-refractivity contribution in [3.05, 3.63) is 53.5 Å². The van der Waals surface area contributed by atoms with Gasteiger partial charge in [-0.2, -0.15) is 0 Å². The highest BCUT2D eigenvalue weighted by Crippen LogP contribution is 2.40. The van der Waals surface area contributed by atoms with Crippen LogP contribution in [0.4, 0.5) is 5.69 Å². The number of nitrogens with one attached hydrogen (secondary N) is 1. The Hall–Kier alpha value is -2.23. The van der Waals surface area contributed by atoms with Crippen molar-refractivity contribution in [2.45, 2.75) is 32.0 Å². The molecule has 4 rings (SSSR count). The van der Waals surface area contributed by atoms with Crippen LogP contribution in [0, 0.1) is 6.92 Å². The summed E-state index contributed by atoms with van der Waals surface area (Å²) >= 11 is 0. The van der Waals surface area contributed by atoms with Gasteiger partial charge in [-0.05, 0) is 44.0 Å². The van der Waals surface area contributed by atoms with Crippen molar-refractivity contribution in [3.63, 3.8) is 0 Å². The molecular weight excluding hydrogens is 252 g/mol. The van der Waals surface area contributed by atoms with E-state index in [1.165, 1.54) is 0 Å². The fraction of sp³-hybridized carbons (Fsp3) is 0.312. The molecule has 1 aromatic heterocycles. The van der Waals surface area contributed by atoms with Gasteiger partial charge in [0.25, 0.3) is 5.91 Å². The maximum absolute atomic E-state index is 12.7. The van der Waals surface area contributed by atoms with Crippen LogP contribution in [0.2, 0.25) is 0 Å². The lowest BCUT2D eigenvalue weighted by molar-refractivity contribution is 0.0644. The second-order valence-electron chi connectivity index (χ2n) is 5.48. The van der Waals surface area contributed by atoms with Gasteiger partial charge in [-0.3, -0.25) is 4.79 Å². The Morgan fingerprint density at radius 2 is 2.00 bits per heavy atom. The Morgan fingerprint density at radius 3 is 2.70 bits per heavy atom. The van der Waals surface area contributed by atoms with Crippen LogP contribution < -0.4 is 5.32 Å². The number of fused-ring (bicyclic) bond motifs is 1. The van der Waals surface area contributed by atoms with Gasteiger partial charge >= 0.3 is 0 Å². The Balaban J connectivity index is 1.80. The summed E-state index contributed by atoms with van der Waals surface area (Å²) in [5, 5.41) is 3.44. The van der Waals surface area contributed by atoms with Crippen molar-refractivity contribution < 1.29 is 9.21 Å². The number of carbonyl (C=O) groups excluding carboxylic acids is 1. The van der Waals surface area contributed by atoms with E-state index in [0.29, 0.717) is 6.04 Å². The van der Waals surface area contributed by atoms with Crippen molar-refractivity contribution in [1.29, 1.82) is 0 Å². The molecule has 1 N–H and O–H groups in total. The topological polar surface area (TPSA) is 45.5 Å². The third kappa shape index (κ3) is 1.72. The Kier molecular flexibility index (Phi) is 2.39. The number of aryl methyl sites for hydroxylation is 1. The molecule has 1 aliphatic heterocycles. The second-order valence-corrected chi connectivity index (χ2v) is 5.48. The average Bonchev–Trinajstić information content (AvgIpc) is 3.20. The van der Waals surface area contributed by atoms with Crippen LogP contribution in [0.3, 0.4) is 0 Å². The van der Waals surface area contributed by atoms with E-state index >= 15 is 0 Å². The minimum Gasteiger partial charge on any atom is -0.462 e. The van der Waals surface area contributed by atoms with Gasteiger partial charge < -0.3 is 14.6 Å². The molecule has 1 amide bonds. The molecule has 0 saturated heterocycles. The zero-order valence-corrected chi connectivity index (χ0v) is 11.3. The zero-order chi connectivity index (χ0) is 13.7. The SMILES string of the molecule is Cc1ccc(C2Nc3ccccc3C(=O)N2C2CC2)o1. The maximum Gasteiger partial charge on any atom is 0.258 e. The van der Waals surface area contributed by atoms with Crippen LogP contribution in [-0.4, -0.2) is 16.8 Å². The molecule has 1 atom stereocenters. The fourth-order valence-electron chi connectivity index (χ4n) is 2.81. The molecule has 0 spiro atoms. The third-order valence-corrected chi connectivity index (χ3v) is 3.93. The van der Waals surface area contributed by atoms with Gasteiger partial charge in [0.1, 0.15) is 11.5 Å². The van der Waals surface area contributed by atoms with Crippen molar-refractivity contribution >= 4 is 11.6 Å². The van der Waals surface area contributed by atoms with Crippen molar-refractivity contribution in [2.24, 2.45) is 0 Å². The molecule has 1 unspecified atom stereocenters. The molecule has 1 aliphatic carbocycles. The first kappa shape index (κ1) is 11.6. The van der Waals surface area contributed by atoms with E-state index in [-0.39, 0.29) is 12.1 Å². The molecule has 2 heterocycles. The standard InChI is InChI=1S/C16H16N2O2/c1-10-6-9-14(20-10)15-17-13-5-3-2-4-12(13)16(19)18(15)11-7-8-11/h2-6,9,11,15,17H,7-8H2,1H3. The number of rotatable bonds is 2. The highest BCUT2D eigenvalue weighted by atomic mass is 16.3. The summed E-state index contributed by atoms with van der Waals surface area (Å²) in [4.78, 5) is 14.7. The van der Waals surface area contributed by atoms with E-state index in [2.05, 4.69) is 5.32 Å². The largest absolute Gasteiger partial charge is 0.462 e. The molecule has 102 valence electrons. The molecule has 1 fully saturated rings. The van der Waals surface area contributed by atoms with Gasteiger partial charge in [-0.25, -0.2) is 0 Å². The van der Waals surface area contributed by atoms with Gasteiger partial charge in [0, 0.05) is 11.7 Å². The summed E-state index contributed by atoms with van der Waals surface area (Å²) in [7, 11) is 0. The molecule has 4 nitrogen and oxygen atoms in total. The first-order chi connectivity index (χ1) is 9.74. The highest BCUT2D eigenvalue weighted by Gasteiger charge is 2.43. The molecule has 4 heteroatoms. The van der Waals surface area contributed by atoms with E-state index in [0.717, 1.165) is 35.6 Å². The monoisotopic (exact) mass is 268 g/mol. The summed E-state index contributed by atoms with van der Waals surface area (Å²) in [5.41, 5.74) is 1.63. The highest BCUT2D eigenvalue weighted by molar-refractivity contribution is 6.02. The van der Waals surface area contributed by atoms with E-state index < -0.39 is 0 Å². The molecule has 2 aliphatic rings. The predicted molar refractivity (Wildman–Crippen MR) is 75.4 cm³/mol. The number of carbonyl (C=O) groups is 1. The predicted octanol–water partition coefficient (Wildman–Crippen LogP) is 3.32. The minimum atomic E-state index is -0.196. The molecule has 1 aromatic carbocycles. The number of anilines is 1. The molecule has 0 radical (unpaired) electrons. The van der Waals surface area contributed by atoms with Crippen molar-refractivity contribution in [3.8, 4) is 0 Å². The quantitative estimate of drug-likeness (QED) is 0.908. The minimum absolute atomic E-state index is 0.0981. The first-order valence-corrected chi connectivity index (χ1v) is 6.98. The van der Waals surface area contributed by atoms with Crippen LogP contribution in [0.1, 0.15) is 40.9 Å². The van der Waals surface area contributed by atoms with E-state index in [1.807, 2.05) is 48.2 Å². The lowest BCUT2D eigenvalue weighted by Gasteiger charge is -2.36. The Morgan fingerprint density at radius 1 is 1.20 bits per heavy atom. The Labute approximate surface area is 117 Å². The van der Waals surface area contributed by atoms with Gasteiger partial charge in [0.15, 0.2) is 6.17 Å². The van der Waals surface area contributed by atoms with Gasteiger partial charge in [0.2, 0.25) is 0 Å². The number of hydrogen-bond donors (Lipinski definition) is 1. The van der Waals surface area contributed by atoms with Crippen LogP contribution in [-0.2, 0) is 0 Å². The van der Waals surface area contributed by atoms with Crippen molar-refractivity contribution in [1.82, 2.24) is 4.90 Å². The number of para-hydroxylation sites is 1. The number of hydrogen-bond acceptors (Lipinski definition) is 3. The second kappa shape index (κ2) is 4.13. The summed E-state index contributed by atoms with van der Waals surface area (Å²) in [6.45, 7) is 1.92. The van der Waals surface area contributed by atoms with Crippen molar-refractivity contribution in [2.75, 3.05) is 5.32 Å². The van der Waals surface area contributed by atoms with E-state index in [9.17, 15) is 4.79 Å². The summed E-state index contributed by atoms with van der Waals surface area (Å²) in [6.07, 6.45) is 1.95. The first-order valence-electron chi connectivity index (χ1n) is 6.98. The van der Waals surface area contributed by atoms with E-state index in [4.69, 9.17) is 4.42 Å². The average molecular weight is 268 g/mol. The Bertz CT molecular complexity index is 673. The number of benzene rings is 1. The van der Waals surface area contributed by atoms with Crippen LogP contribution in [0.5, 0.6) is 0 Å². The molecule has 0 bridgehead atoms. The van der Waals surface area contributed by atoms with Gasteiger partial charge in [-0.15, -0.1) is 0 Å². The summed E-state index contributed by atoms with van der Waals surface area (Å²) < 4.78 is 5.74. The summed E-state index contributed by atoms with van der Waals surface area (Å²) in [5.74, 6) is 1.77. The van der Waals surface area contributed by atoms with Crippen LogP contribution in [0.15, 0.2) is 40.8 Å². The van der Waals surface area contributed by atoms with E-state index in [1.54, 1.807) is 0 Å². The molecule has 20 heavy (non-hydrogen) atoms. The third-order valence-electron chi connectivity index (χ3n) is 3.93. The lowest BCUT2D eigenvalue weighted by Crippen LogP contribution is -2.44. The van der Waals surface area contributed by atoms with Gasteiger partial charge in [-0.1, -0.05) is 12.1 Å². The fourth-order valence-corrected chi connectivity index (χ4v) is 2.81. The molecular formula is C16H16N2O2. The van der Waals surface area contributed by atoms with Crippen LogP contribution >= 0.6 is 0 Å². The maximum atomic E-state index is 12.7. The zero-order valence-electron chi connectivity index (χ0n) is 11.3. The smallest absolute Gasteiger partial charge is 0.258 e. The summed E-state index contributed by atoms with van der Waals surface area (Å²) in [6, 6.07) is 11.9. The number of furan rings is 1. The van der Waals surface area contributed by atoms with Gasteiger partial charge in [0.05, 0.1) is 5.56 Å².